The van der Waals surface area contributed by atoms with Crippen LogP contribution in [0.2, 0.25) is 0 Å². The molecule has 0 aliphatic carbocycles. The third kappa shape index (κ3) is 1.72. The largest absolute Gasteiger partial charge is 0.330 e. The van der Waals surface area contributed by atoms with E-state index in [1.165, 1.54) is 4.57 Å². The second kappa shape index (κ2) is 4.06. The number of aromatic amines is 2. The van der Waals surface area contributed by atoms with Crippen molar-refractivity contribution >= 4 is 17.1 Å². The molecule has 0 aromatic carbocycles. The number of hydrogen-bond acceptors (Lipinski definition) is 5. The van der Waals surface area contributed by atoms with Crippen molar-refractivity contribution in [2.75, 3.05) is 5.43 Å². The summed E-state index contributed by atoms with van der Waals surface area (Å²) in [5.41, 5.74) is 1.89. The molecule has 5 N–H and O–H groups in total. The van der Waals surface area contributed by atoms with Gasteiger partial charge in [-0.15, -0.1) is 0 Å². The van der Waals surface area contributed by atoms with Crippen LogP contribution in [0.25, 0.3) is 11.2 Å². The molecule has 0 amide bonds. The van der Waals surface area contributed by atoms with Gasteiger partial charge in [0.2, 0.25) is 5.95 Å². The first kappa shape index (κ1) is 11.4. The Bertz CT molecular complexity index is 652. The topological polar surface area (TPSA) is 122 Å². The summed E-state index contributed by atoms with van der Waals surface area (Å²) in [6.07, 6.45) is 0.749. The van der Waals surface area contributed by atoms with E-state index < -0.39 is 11.2 Å². The van der Waals surface area contributed by atoms with Crippen molar-refractivity contribution in [3.05, 3.63) is 20.8 Å². The zero-order valence-corrected chi connectivity index (χ0v) is 9.57. The SMILES string of the molecule is CCC(C)n1c(=O)[nH]c(=O)c2[nH]c(NN)nc21. The van der Waals surface area contributed by atoms with E-state index in [4.69, 9.17) is 5.84 Å². The summed E-state index contributed by atoms with van der Waals surface area (Å²) in [6, 6.07) is -0.0595. The Balaban J connectivity index is 2.86. The third-order valence-electron chi connectivity index (χ3n) is 2.75. The van der Waals surface area contributed by atoms with Crippen molar-refractivity contribution < 1.29 is 0 Å². The van der Waals surface area contributed by atoms with Gasteiger partial charge in [0, 0.05) is 6.04 Å². The Kier molecular flexibility index (Phi) is 2.72. The van der Waals surface area contributed by atoms with Gasteiger partial charge >= 0.3 is 5.69 Å². The Morgan fingerprint density at radius 1 is 1.47 bits per heavy atom. The summed E-state index contributed by atoms with van der Waals surface area (Å²) < 4.78 is 1.44. The molecule has 0 bridgehead atoms. The van der Waals surface area contributed by atoms with Crippen LogP contribution < -0.4 is 22.5 Å². The lowest BCUT2D eigenvalue weighted by molar-refractivity contribution is 0.517. The average molecular weight is 238 g/mol. The number of rotatable bonds is 3. The minimum absolute atomic E-state index is 0.0595. The molecule has 0 spiro atoms. The van der Waals surface area contributed by atoms with E-state index in [9.17, 15) is 9.59 Å². The Morgan fingerprint density at radius 2 is 2.18 bits per heavy atom. The normalized spacial score (nSPS) is 12.9. The maximum atomic E-state index is 11.8. The molecule has 0 radical (unpaired) electrons. The molecular formula is C9H14N6O2. The number of hydrogen-bond donors (Lipinski definition) is 4. The van der Waals surface area contributed by atoms with Gasteiger partial charge in [-0.05, 0) is 13.3 Å². The van der Waals surface area contributed by atoms with Crippen LogP contribution in [0.3, 0.4) is 0 Å². The van der Waals surface area contributed by atoms with Gasteiger partial charge < -0.3 is 4.98 Å². The molecule has 92 valence electrons. The van der Waals surface area contributed by atoms with Crippen molar-refractivity contribution in [3.63, 3.8) is 0 Å². The van der Waals surface area contributed by atoms with Gasteiger partial charge in [0.25, 0.3) is 5.56 Å². The summed E-state index contributed by atoms with van der Waals surface area (Å²) in [7, 11) is 0. The number of imidazole rings is 1. The molecule has 0 saturated heterocycles. The van der Waals surface area contributed by atoms with E-state index in [2.05, 4.69) is 20.4 Å². The van der Waals surface area contributed by atoms with E-state index >= 15 is 0 Å². The first-order chi connectivity index (χ1) is 8.08. The van der Waals surface area contributed by atoms with Crippen molar-refractivity contribution in [1.82, 2.24) is 19.5 Å². The first-order valence-corrected chi connectivity index (χ1v) is 5.29. The van der Waals surface area contributed by atoms with Crippen molar-refractivity contribution in [1.29, 1.82) is 0 Å². The van der Waals surface area contributed by atoms with E-state index in [1.807, 2.05) is 13.8 Å². The highest BCUT2D eigenvalue weighted by Gasteiger charge is 2.15. The lowest BCUT2D eigenvalue weighted by Gasteiger charge is -2.12. The van der Waals surface area contributed by atoms with Crippen LogP contribution in [-0.4, -0.2) is 19.5 Å². The zero-order chi connectivity index (χ0) is 12.6. The quantitative estimate of drug-likeness (QED) is 0.431. The summed E-state index contributed by atoms with van der Waals surface area (Å²) >= 11 is 0. The third-order valence-corrected chi connectivity index (χ3v) is 2.75. The van der Waals surface area contributed by atoms with E-state index in [0.29, 0.717) is 5.65 Å². The van der Waals surface area contributed by atoms with Crippen LogP contribution in [0.5, 0.6) is 0 Å². The molecule has 2 rings (SSSR count). The second-order valence-electron chi connectivity index (χ2n) is 3.81. The number of hydrazine groups is 1. The van der Waals surface area contributed by atoms with Gasteiger partial charge in [-0.25, -0.2) is 10.6 Å². The van der Waals surface area contributed by atoms with Crippen molar-refractivity contribution in [2.45, 2.75) is 26.3 Å². The smallest absolute Gasteiger partial charge is 0.317 e. The summed E-state index contributed by atoms with van der Waals surface area (Å²) in [5.74, 6) is 5.46. The van der Waals surface area contributed by atoms with Gasteiger partial charge in [0.05, 0.1) is 0 Å². The van der Waals surface area contributed by atoms with Crippen LogP contribution in [0.4, 0.5) is 5.95 Å². The standard InChI is InChI=1S/C9H14N6O2/c1-3-4(2)15-6-5(7(16)13-9(15)17)11-8(12-6)14-10/h4H,3,10H2,1-2H3,(H2,11,12,14)(H,13,16,17). The summed E-state index contributed by atoms with van der Waals surface area (Å²) in [6.45, 7) is 3.83. The zero-order valence-electron chi connectivity index (χ0n) is 9.57. The van der Waals surface area contributed by atoms with Crippen molar-refractivity contribution in [2.24, 2.45) is 5.84 Å². The number of nitrogens with one attached hydrogen (secondary N) is 3. The highest BCUT2D eigenvalue weighted by Crippen LogP contribution is 2.14. The minimum atomic E-state index is -0.501. The van der Waals surface area contributed by atoms with E-state index in [0.717, 1.165) is 6.42 Å². The van der Waals surface area contributed by atoms with Gasteiger partial charge in [-0.2, -0.15) is 4.98 Å². The molecule has 2 aromatic rings. The molecule has 8 nitrogen and oxygen atoms in total. The minimum Gasteiger partial charge on any atom is -0.317 e. The van der Waals surface area contributed by atoms with Gasteiger partial charge in [-0.3, -0.25) is 19.8 Å². The Labute approximate surface area is 95.8 Å². The molecule has 2 aromatic heterocycles. The fourth-order valence-corrected chi connectivity index (χ4v) is 1.67. The van der Waals surface area contributed by atoms with E-state index in [1.54, 1.807) is 0 Å². The number of nitrogens with two attached hydrogens (primary N) is 1. The molecule has 0 fully saturated rings. The van der Waals surface area contributed by atoms with Crippen LogP contribution >= 0.6 is 0 Å². The number of H-pyrrole nitrogens is 2. The maximum absolute atomic E-state index is 11.8. The predicted octanol–water partition coefficient (Wildman–Crippen LogP) is -0.330. The monoisotopic (exact) mass is 238 g/mol. The molecular weight excluding hydrogens is 224 g/mol. The average Bonchev–Trinajstić information content (AvgIpc) is 2.72. The predicted molar refractivity (Wildman–Crippen MR) is 63.8 cm³/mol. The number of aromatic nitrogens is 4. The summed E-state index contributed by atoms with van der Waals surface area (Å²) in [4.78, 5) is 32.4. The highest BCUT2D eigenvalue weighted by atomic mass is 16.2. The highest BCUT2D eigenvalue weighted by molar-refractivity contribution is 5.72. The maximum Gasteiger partial charge on any atom is 0.330 e. The number of nitrogen functional groups attached to an aromatic ring is 1. The second-order valence-corrected chi connectivity index (χ2v) is 3.81. The van der Waals surface area contributed by atoms with Crippen LogP contribution in [-0.2, 0) is 0 Å². The molecule has 17 heavy (non-hydrogen) atoms. The fourth-order valence-electron chi connectivity index (χ4n) is 1.67. The fraction of sp³-hybridized carbons (Fsp3) is 0.444. The van der Waals surface area contributed by atoms with Crippen LogP contribution in [0.1, 0.15) is 26.3 Å². The molecule has 2 heterocycles. The van der Waals surface area contributed by atoms with Gasteiger partial charge in [-0.1, -0.05) is 6.92 Å². The van der Waals surface area contributed by atoms with Gasteiger partial charge in [0.15, 0.2) is 11.2 Å². The van der Waals surface area contributed by atoms with E-state index in [-0.39, 0.29) is 17.5 Å². The molecule has 1 unspecified atom stereocenters. The Morgan fingerprint density at radius 3 is 2.76 bits per heavy atom. The molecule has 0 aliphatic rings. The molecule has 0 saturated carbocycles. The summed E-state index contributed by atoms with van der Waals surface area (Å²) in [5, 5.41) is 0. The Hall–Kier alpha value is -2.09. The molecule has 1 atom stereocenters. The molecule has 8 heteroatoms. The number of nitrogens with zero attached hydrogens (tertiary/aromatic N) is 2. The molecule has 0 aliphatic heterocycles. The van der Waals surface area contributed by atoms with Crippen LogP contribution in [0.15, 0.2) is 9.59 Å². The van der Waals surface area contributed by atoms with Gasteiger partial charge in [0.1, 0.15) is 0 Å². The number of fused-ring (bicyclic) bond motifs is 1. The first-order valence-electron chi connectivity index (χ1n) is 5.29. The van der Waals surface area contributed by atoms with Crippen molar-refractivity contribution in [3.8, 4) is 0 Å². The van der Waals surface area contributed by atoms with Crippen LogP contribution in [0, 0.1) is 0 Å². The lowest BCUT2D eigenvalue weighted by Crippen LogP contribution is -2.32. The number of anilines is 1. The lowest BCUT2D eigenvalue weighted by atomic mass is 10.2.